The Balaban J connectivity index is 1.57. The second kappa shape index (κ2) is 8.66. The second-order valence-electron chi connectivity index (χ2n) is 6.30. The molecule has 4 rings (SSSR count). The van der Waals surface area contributed by atoms with Crippen molar-refractivity contribution in [1.82, 2.24) is 10.4 Å². The lowest BCUT2D eigenvalue weighted by atomic mass is 10.1. The van der Waals surface area contributed by atoms with Crippen molar-refractivity contribution in [1.29, 1.82) is 0 Å². The summed E-state index contributed by atoms with van der Waals surface area (Å²) in [4.78, 5) is 3.46. The molecule has 0 radical (unpaired) electrons. The molecule has 1 aromatic heterocycles. The van der Waals surface area contributed by atoms with Crippen LogP contribution >= 0.6 is 35.4 Å². The summed E-state index contributed by atoms with van der Waals surface area (Å²) >= 11 is 17.2. The highest BCUT2D eigenvalue weighted by Crippen LogP contribution is 2.29. The summed E-state index contributed by atoms with van der Waals surface area (Å²) in [6, 6.07) is 23.0. The monoisotopic (exact) mass is 438 g/mol. The summed E-state index contributed by atoms with van der Waals surface area (Å²) in [6.45, 7) is 0. The van der Waals surface area contributed by atoms with Crippen LogP contribution in [0.3, 0.4) is 0 Å². The van der Waals surface area contributed by atoms with Crippen molar-refractivity contribution >= 4 is 63.3 Å². The van der Waals surface area contributed by atoms with Crippen LogP contribution in [-0.4, -0.2) is 16.3 Å². The first kappa shape index (κ1) is 19.5. The predicted octanol–water partition coefficient (Wildman–Crippen LogP) is 6.46. The molecule has 0 unspecified atom stereocenters. The third kappa shape index (κ3) is 4.59. The normalized spacial score (nSPS) is 11.1. The van der Waals surface area contributed by atoms with Crippen LogP contribution in [0.2, 0.25) is 10.0 Å². The summed E-state index contributed by atoms with van der Waals surface area (Å²) in [7, 11) is 0. The van der Waals surface area contributed by atoms with E-state index in [4.69, 9.17) is 35.4 Å². The van der Waals surface area contributed by atoms with Crippen molar-refractivity contribution in [2.75, 3.05) is 5.32 Å². The molecule has 29 heavy (non-hydrogen) atoms. The van der Waals surface area contributed by atoms with E-state index in [1.165, 1.54) is 0 Å². The van der Waals surface area contributed by atoms with Crippen LogP contribution in [-0.2, 0) is 0 Å². The highest BCUT2D eigenvalue weighted by Gasteiger charge is 2.11. The minimum Gasteiger partial charge on any atom is -0.354 e. The van der Waals surface area contributed by atoms with Gasteiger partial charge in [0, 0.05) is 32.2 Å². The average molecular weight is 439 g/mol. The summed E-state index contributed by atoms with van der Waals surface area (Å²) in [5.41, 5.74) is 7.66. The fraction of sp³-hybridized carbons (Fsp3) is 0. The van der Waals surface area contributed by atoms with Crippen molar-refractivity contribution in [2.24, 2.45) is 5.10 Å². The SMILES string of the molecule is S=C(NN=Cc1c(-c2ccc(Cl)cc2)[nH]c2ccccc12)Nc1ccc(Cl)cc1. The molecular weight excluding hydrogens is 423 g/mol. The van der Waals surface area contributed by atoms with Gasteiger partial charge in [-0.15, -0.1) is 0 Å². The van der Waals surface area contributed by atoms with Crippen molar-refractivity contribution in [3.63, 3.8) is 0 Å². The molecule has 4 aromatic rings. The summed E-state index contributed by atoms with van der Waals surface area (Å²) in [6.07, 6.45) is 1.76. The first-order valence-electron chi connectivity index (χ1n) is 8.82. The van der Waals surface area contributed by atoms with Gasteiger partial charge in [0.15, 0.2) is 5.11 Å². The summed E-state index contributed by atoms with van der Waals surface area (Å²) in [5, 5.41) is 10.2. The number of rotatable bonds is 4. The van der Waals surface area contributed by atoms with Gasteiger partial charge in [-0.3, -0.25) is 5.43 Å². The number of hydrogen-bond donors (Lipinski definition) is 3. The number of aromatic nitrogens is 1. The van der Waals surface area contributed by atoms with Gasteiger partial charge in [0.05, 0.1) is 11.9 Å². The molecule has 0 aliphatic carbocycles. The Morgan fingerprint density at radius 3 is 2.28 bits per heavy atom. The van der Waals surface area contributed by atoms with Gasteiger partial charge in [0.2, 0.25) is 0 Å². The molecular formula is C22H16Cl2N4S. The lowest BCUT2D eigenvalue weighted by Gasteiger charge is -2.07. The zero-order valence-electron chi connectivity index (χ0n) is 15.1. The van der Waals surface area contributed by atoms with Gasteiger partial charge in [-0.25, -0.2) is 0 Å². The fourth-order valence-electron chi connectivity index (χ4n) is 2.99. The molecule has 0 amide bonds. The highest BCUT2D eigenvalue weighted by molar-refractivity contribution is 7.80. The van der Waals surface area contributed by atoms with Crippen molar-refractivity contribution in [3.8, 4) is 11.3 Å². The quantitative estimate of drug-likeness (QED) is 0.194. The number of fused-ring (bicyclic) bond motifs is 1. The number of H-pyrrole nitrogens is 1. The van der Waals surface area contributed by atoms with E-state index in [0.29, 0.717) is 15.2 Å². The van der Waals surface area contributed by atoms with Gasteiger partial charge in [0.1, 0.15) is 0 Å². The minimum absolute atomic E-state index is 0.386. The van der Waals surface area contributed by atoms with Crippen LogP contribution in [0.15, 0.2) is 77.9 Å². The van der Waals surface area contributed by atoms with Gasteiger partial charge in [-0.2, -0.15) is 5.10 Å². The minimum atomic E-state index is 0.386. The number of thiocarbonyl (C=S) groups is 1. The summed E-state index contributed by atoms with van der Waals surface area (Å²) < 4.78 is 0. The molecule has 0 spiro atoms. The van der Waals surface area contributed by atoms with Gasteiger partial charge in [-0.1, -0.05) is 53.5 Å². The predicted molar refractivity (Wildman–Crippen MR) is 127 cm³/mol. The van der Waals surface area contributed by atoms with E-state index < -0.39 is 0 Å². The largest absolute Gasteiger partial charge is 0.354 e. The maximum absolute atomic E-state index is 6.04. The van der Waals surface area contributed by atoms with Crippen LogP contribution in [0.4, 0.5) is 5.69 Å². The third-order valence-corrected chi connectivity index (χ3v) is 5.04. The number of benzene rings is 3. The lowest BCUT2D eigenvalue weighted by molar-refractivity contribution is 1.05. The van der Waals surface area contributed by atoms with Gasteiger partial charge < -0.3 is 10.3 Å². The fourth-order valence-corrected chi connectivity index (χ4v) is 3.41. The number of para-hydroxylation sites is 1. The topological polar surface area (TPSA) is 52.2 Å². The second-order valence-corrected chi connectivity index (χ2v) is 7.58. The molecule has 3 aromatic carbocycles. The Labute approximate surface area is 183 Å². The number of nitrogens with zero attached hydrogens (tertiary/aromatic N) is 1. The van der Waals surface area contributed by atoms with Crippen molar-refractivity contribution in [2.45, 2.75) is 0 Å². The highest BCUT2D eigenvalue weighted by atomic mass is 35.5. The van der Waals surface area contributed by atoms with Gasteiger partial charge >= 0.3 is 0 Å². The van der Waals surface area contributed by atoms with E-state index >= 15 is 0 Å². The number of hydrogen-bond acceptors (Lipinski definition) is 2. The smallest absolute Gasteiger partial charge is 0.191 e. The Bertz CT molecular complexity index is 1180. The molecule has 3 N–H and O–H groups in total. The van der Waals surface area contributed by atoms with Crippen LogP contribution in [0.1, 0.15) is 5.56 Å². The molecule has 0 atom stereocenters. The van der Waals surface area contributed by atoms with Crippen molar-refractivity contribution in [3.05, 3.63) is 88.4 Å². The Morgan fingerprint density at radius 1 is 0.897 bits per heavy atom. The molecule has 0 fully saturated rings. The van der Waals surface area contributed by atoms with E-state index in [-0.39, 0.29) is 0 Å². The molecule has 0 aliphatic rings. The van der Waals surface area contributed by atoms with Crippen LogP contribution in [0.5, 0.6) is 0 Å². The zero-order chi connectivity index (χ0) is 20.2. The van der Waals surface area contributed by atoms with Gasteiger partial charge in [0.25, 0.3) is 0 Å². The molecule has 144 valence electrons. The van der Waals surface area contributed by atoms with E-state index in [2.05, 4.69) is 26.9 Å². The van der Waals surface area contributed by atoms with E-state index in [1.807, 2.05) is 54.6 Å². The number of anilines is 1. The third-order valence-electron chi connectivity index (χ3n) is 4.34. The number of nitrogens with one attached hydrogen (secondary N) is 3. The molecule has 0 bridgehead atoms. The zero-order valence-corrected chi connectivity index (χ0v) is 17.4. The number of halogens is 2. The molecule has 4 nitrogen and oxygen atoms in total. The standard InChI is InChI=1S/C22H16Cl2N4S/c23-15-7-5-14(6-8-15)21-19(18-3-1-2-4-20(18)27-21)13-25-28-22(29)26-17-11-9-16(24)10-12-17/h1-13,27H,(H2,26,28,29). The summed E-state index contributed by atoms with van der Waals surface area (Å²) in [5.74, 6) is 0. The van der Waals surface area contributed by atoms with Crippen LogP contribution < -0.4 is 10.7 Å². The maximum atomic E-state index is 6.04. The Hall–Kier alpha value is -2.86. The van der Waals surface area contributed by atoms with E-state index in [1.54, 1.807) is 18.3 Å². The molecule has 7 heteroatoms. The lowest BCUT2D eigenvalue weighted by Crippen LogP contribution is -2.23. The maximum Gasteiger partial charge on any atom is 0.191 e. The van der Waals surface area contributed by atoms with E-state index in [0.717, 1.165) is 33.4 Å². The number of hydrazone groups is 1. The molecule has 0 saturated heterocycles. The van der Waals surface area contributed by atoms with E-state index in [9.17, 15) is 0 Å². The van der Waals surface area contributed by atoms with Crippen LogP contribution in [0.25, 0.3) is 22.2 Å². The average Bonchev–Trinajstić information content (AvgIpc) is 3.09. The first-order chi connectivity index (χ1) is 14.1. The molecule has 0 aliphatic heterocycles. The molecule has 1 heterocycles. The number of aromatic amines is 1. The Morgan fingerprint density at radius 2 is 1.55 bits per heavy atom. The van der Waals surface area contributed by atoms with Gasteiger partial charge in [-0.05, 0) is 60.2 Å². The van der Waals surface area contributed by atoms with Crippen molar-refractivity contribution < 1.29 is 0 Å². The van der Waals surface area contributed by atoms with Crippen LogP contribution in [0, 0.1) is 0 Å². The molecule has 0 saturated carbocycles. The Kier molecular flexibility index (Phi) is 5.81. The first-order valence-corrected chi connectivity index (χ1v) is 9.99.